The van der Waals surface area contributed by atoms with E-state index < -0.39 is 0 Å². The lowest BCUT2D eigenvalue weighted by Gasteiger charge is -2.26. The first-order chi connectivity index (χ1) is 13.0. The average molecular weight is 369 g/mol. The molecule has 2 rings (SSSR count). The number of rotatable bonds is 9. The van der Waals surface area contributed by atoms with Crippen LogP contribution >= 0.6 is 0 Å². The number of benzene rings is 2. The Balaban J connectivity index is 1.81. The van der Waals surface area contributed by atoms with E-state index in [-0.39, 0.29) is 5.41 Å². The Kier molecular flexibility index (Phi) is 8.14. The summed E-state index contributed by atoms with van der Waals surface area (Å²) in [4.78, 5) is 4.34. The summed E-state index contributed by atoms with van der Waals surface area (Å²) in [5.41, 5.74) is 3.64. The Hall–Kier alpha value is -2.53. The summed E-state index contributed by atoms with van der Waals surface area (Å²) in [5, 5.41) is 10.1. The van der Waals surface area contributed by atoms with Crippen molar-refractivity contribution in [1.29, 1.82) is 0 Å². The molecule has 0 aliphatic heterocycles. The zero-order valence-corrected chi connectivity index (χ0v) is 16.9. The van der Waals surface area contributed by atoms with Gasteiger partial charge in [0.05, 0.1) is 6.61 Å². The molecule has 5 nitrogen and oxygen atoms in total. The fourth-order valence-electron chi connectivity index (χ4n) is 2.74. The Morgan fingerprint density at radius 2 is 1.70 bits per heavy atom. The molecule has 27 heavy (non-hydrogen) atoms. The Bertz CT molecular complexity index is 696. The summed E-state index contributed by atoms with van der Waals surface area (Å²) in [6.45, 7) is 7.51. The highest BCUT2D eigenvalue weighted by Crippen LogP contribution is 2.21. The van der Waals surface area contributed by atoms with E-state index in [1.54, 1.807) is 14.2 Å². The predicted octanol–water partition coefficient (Wildman–Crippen LogP) is 3.39. The zero-order valence-electron chi connectivity index (χ0n) is 16.9. The van der Waals surface area contributed by atoms with Crippen molar-refractivity contribution in [3.05, 3.63) is 65.7 Å². The number of anilines is 1. The number of nitrogens with one attached hydrogen (secondary N) is 3. The molecule has 146 valence electrons. The van der Waals surface area contributed by atoms with Crippen LogP contribution in [0.15, 0.2) is 59.6 Å². The van der Waals surface area contributed by atoms with Crippen LogP contribution in [0.5, 0.6) is 0 Å². The maximum absolute atomic E-state index is 5.05. The standard InChI is InChI=1S/C22H32N4O/c1-22(2,19-8-6-5-7-9-19)17-26-21(23-3)25-16-18-10-12-20(13-11-18)24-14-15-27-4/h5-13,24H,14-17H2,1-4H3,(H2,23,25,26). The summed E-state index contributed by atoms with van der Waals surface area (Å²) in [7, 11) is 3.51. The van der Waals surface area contributed by atoms with E-state index in [1.807, 2.05) is 6.07 Å². The first-order valence-corrected chi connectivity index (χ1v) is 9.37. The van der Waals surface area contributed by atoms with Crippen molar-refractivity contribution in [2.45, 2.75) is 25.8 Å². The van der Waals surface area contributed by atoms with Gasteiger partial charge in [-0.15, -0.1) is 0 Å². The lowest BCUT2D eigenvalue weighted by molar-refractivity contribution is 0.211. The number of ether oxygens (including phenoxy) is 1. The van der Waals surface area contributed by atoms with Gasteiger partial charge in [-0.2, -0.15) is 0 Å². The van der Waals surface area contributed by atoms with Crippen molar-refractivity contribution >= 4 is 11.6 Å². The number of hydrogen-bond acceptors (Lipinski definition) is 3. The molecular weight excluding hydrogens is 336 g/mol. The quantitative estimate of drug-likeness (QED) is 0.361. The van der Waals surface area contributed by atoms with Gasteiger partial charge in [0, 0.05) is 44.9 Å². The summed E-state index contributed by atoms with van der Waals surface area (Å²) >= 11 is 0. The summed E-state index contributed by atoms with van der Waals surface area (Å²) < 4.78 is 5.05. The van der Waals surface area contributed by atoms with Crippen LogP contribution in [-0.4, -0.2) is 39.8 Å². The van der Waals surface area contributed by atoms with Gasteiger partial charge >= 0.3 is 0 Å². The van der Waals surface area contributed by atoms with Gasteiger partial charge in [-0.1, -0.05) is 56.3 Å². The second-order valence-corrected chi connectivity index (χ2v) is 7.15. The molecule has 3 N–H and O–H groups in total. The van der Waals surface area contributed by atoms with Crippen molar-refractivity contribution in [2.75, 3.05) is 39.2 Å². The molecule has 2 aromatic rings. The lowest BCUT2D eigenvalue weighted by Crippen LogP contribution is -2.43. The summed E-state index contributed by atoms with van der Waals surface area (Å²) in [6, 6.07) is 18.9. The highest BCUT2D eigenvalue weighted by Gasteiger charge is 2.20. The van der Waals surface area contributed by atoms with Crippen molar-refractivity contribution in [3.8, 4) is 0 Å². The van der Waals surface area contributed by atoms with Gasteiger partial charge in [0.25, 0.3) is 0 Å². The van der Waals surface area contributed by atoms with Crippen LogP contribution in [0.2, 0.25) is 0 Å². The van der Waals surface area contributed by atoms with Gasteiger partial charge in [-0.05, 0) is 23.3 Å². The van der Waals surface area contributed by atoms with Crippen LogP contribution in [0, 0.1) is 0 Å². The predicted molar refractivity (Wildman–Crippen MR) is 114 cm³/mol. The molecule has 5 heteroatoms. The van der Waals surface area contributed by atoms with Crippen LogP contribution in [0.4, 0.5) is 5.69 Å². The molecule has 0 aromatic heterocycles. The molecular formula is C22H32N4O. The van der Waals surface area contributed by atoms with Gasteiger partial charge in [0.1, 0.15) is 0 Å². The third kappa shape index (κ3) is 6.94. The minimum absolute atomic E-state index is 0.0222. The third-order valence-corrected chi connectivity index (χ3v) is 4.53. The molecule has 0 radical (unpaired) electrons. The molecule has 2 aromatic carbocycles. The molecule has 0 saturated heterocycles. The van der Waals surface area contributed by atoms with E-state index in [1.165, 1.54) is 11.1 Å². The first kappa shape index (κ1) is 20.8. The largest absolute Gasteiger partial charge is 0.383 e. The second kappa shape index (κ2) is 10.6. The van der Waals surface area contributed by atoms with Crippen LogP contribution in [0.3, 0.4) is 0 Å². The van der Waals surface area contributed by atoms with E-state index in [4.69, 9.17) is 4.74 Å². The molecule has 0 aliphatic carbocycles. The number of guanidine groups is 1. The van der Waals surface area contributed by atoms with Gasteiger partial charge in [0.2, 0.25) is 0 Å². The van der Waals surface area contributed by atoms with Crippen LogP contribution < -0.4 is 16.0 Å². The van der Waals surface area contributed by atoms with Gasteiger partial charge in [0.15, 0.2) is 5.96 Å². The normalized spacial score (nSPS) is 11.9. The molecule has 0 atom stereocenters. The SMILES string of the molecule is CN=C(NCc1ccc(NCCOC)cc1)NCC(C)(C)c1ccccc1. The zero-order chi connectivity index (χ0) is 19.5. The van der Waals surface area contributed by atoms with E-state index >= 15 is 0 Å². The molecule has 0 aliphatic rings. The van der Waals surface area contributed by atoms with Gasteiger partial charge in [-0.25, -0.2) is 0 Å². The van der Waals surface area contributed by atoms with E-state index in [0.717, 1.165) is 31.3 Å². The van der Waals surface area contributed by atoms with Crippen LogP contribution in [0.25, 0.3) is 0 Å². The Morgan fingerprint density at radius 3 is 2.33 bits per heavy atom. The van der Waals surface area contributed by atoms with E-state index in [9.17, 15) is 0 Å². The van der Waals surface area contributed by atoms with Crippen molar-refractivity contribution in [1.82, 2.24) is 10.6 Å². The Labute approximate surface area is 163 Å². The number of hydrogen-bond donors (Lipinski definition) is 3. The topological polar surface area (TPSA) is 57.7 Å². The highest BCUT2D eigenvalue weighted by molar-refractivity contribution is 5.79. The van der Waals surface area contributed by atoms with Crippen LogP contribution in [-0.2, 0) is 16.7 Å². The molecule has 0 saturated carbocycles. The Morgan fingerprint density at radius 1 is 1.00 bits per heavy atom. The van der Waals surface area contributed by atoms with Crippen LogP contribution in [0.1, 0.15) is 25.0 Å². The average Bonchev–Trinajstić information content (AvgIpc) is 2.70. The van der Waals surface area contributed by atoms with Gasteiger partial charge in [-0.3, -0.25) is 4.99 Å². The molecule has 0 amide bonds. The summed E-state index contributed by atoms with van der Waals surface area (Å²) in [5.74, 6) is 0.807. The third-order valence-electron chi connectivity index (χ3n) is 4.53. The molecule has 0 fully saturated rings. The van der Waals surface area contributed by atoms with Crippen molar-refractivity contribution < 1.29 is 4.74 Å². The van der Waals surface area contributed by atoms with Crippen molar-refractivity contribution in [3.63, 3.8) is 0 Å². The number of aliphatic imine (C=N–C) groups is 1. The maximum Gasteiger partial charge on any atom is 0.191 e. The molecule has 0 heterocycles. The molecule has 0 bridgehead atoms. The lowest BCUT2D eigenvalue weighted by atomic mass is 9.85. The minimum Gasteiger partial charge on any atom is -0.383 e. The molecule has 0 spiro atoms. The fraction of sp³-hybridized carbons (Fsp3) is 0.409. The molecule has 0 unspecified atom stereocenters. The number of methoxy groups -OCH3 is 1. The smallest absolute Gasteiger partial charge is 0.191 e. The second-order valence-electron chi connectivity index (χ2n) is 7.15. The minimum atomic E-state index is 0.0222. The summed E-state index contributed by atoms with van der Waals surface area (Å²) in [6.07, 6.45) is 0. The highest BCUT2D eigenvalue weighted by atomic mass is 16.5. The van der Waals surface area contributed by atoms with Crippen molar-refractivity contribution in [2.24, 2.45) is 4.99 Å². The first-order valence-electron chi connectivity index (χ1n) is 9.37. The van der Waals surface area contributed by atoms with Gasteiger partial charge < -0.3 is 20.7 Å². The fourth-order valence-corrected chi connectivity index (χ4v) is 2.74. The van der Waals surface area contributed by atoms with E-state index in [0.29, 0.717) is 6.61 Å². The van der Waals surface area contributed by atoms with E-state index in [2.05, 4.69) is 83.3 Å². The monoisotopic (exact) mass is 368 g/mol. The number of nitrogens with zero attached hydrogens (tertiary/aromatic N) is 1. The maximum atomic E-state index is 5.05.